The number of hydrogen-bond donors (Lipinski definition) is 2. The minimum Gasteiger partial charge on any atom is -0.329 e. The highest BCUT2D eigenvalue weighted by molar-refractivity contribution is 7.89. The Morgan fingerprint density at radius 3 is 2.54 bits per heavy atom. The van der Waals surface area contributed by atoms with Gasteiger partial charge in [0, 0.05) is 13.1 Å². The largest absolute Gasteiger partial charge is 0.329 e. The van der Waals surface area contributed by atoms with Crippen LogP contribution in [0.4, 0.5) is 0 Å². The lowest BCUT2D eigenvalue weighted by Crippen LogP contribution is -2.33. The average Bonchev–Trinajstić information content (AvgIpc) is 2.00. The smallest absolute Gasteiger partial charge is 0.211 e. The van der Waals surface area contributed by atoms with Gasteiger partial charge in [0.05, 0.1) is 5.75 Å². The van der Waals surface area contributed by atoms with Gasteiger partial charge in [0.25, 0.3) is 0 Å². The Labute approximate surface area is 80.9 Å². The summed E-state index contributed by atoms with van der Waals surface area (Å²) in [7, 11) is -3.10. The molecule has 0 saturated carbocycles. The maximum Gasteiger partial charge on any atom is 0.211 e. The fraction of sp³-hybridized carbons (Fsp3) is 1.00. The van der Waals surface area contributed by atoms with E-state index in [0.29, 0.717) is 13.1 Å². The summed E-state index contributed by atoms with van der Waals surface area (Å²) in [6, 6.07) is 0. The SMILES string of the molecule is CCCC(C)CS(=O)(=O)NCCN. The van der Waals surface area contributed by atoms with Crippen molar-refractivity contribution in [3.63, 3.8) is 0 Å². The zero-order chi connectivity index (χ0) is 10.3. The Balaban J connectivity index is 3.87. The minimum absolute atomic E-state index is 0.209. The molecule has 0 spiro atoms. The van der Waals surface area contributed by atoms with Gasteiger partial charge in [-0.25, -0.2) is 13.1 Å². The highest BCUT2D eigenvalue weighted by Crippen LogP contribution is 2.07. The van der Waals surface area contributed by atoms with Gasteiger partial charge in [-0.1, -0.05) is 20.3 Å². The summed E-state index contributed by atoms with van der Waals surface area (Å²) < 4.78 is 25.1. The van der Waals surface area contributed by atoms with Crippen LogP contribution in [0.15, 0.2) is 0 Å². The molecule has 0 saturated heterocycles. The van der Waals surface area contributed by atoms with E-state index in [1.807, 2.05) is 6.92 Å². The van der Waals surface area contributed by atoms with Gasteiger partial charge in [0.1, 0.15) is 0 Å². The van der Waals surface area contributed by atoms with E-state index in [1.54, 1.807) is 0 Å². The molecule has 0 aromatic heterocycles. The standard InChI is InChI=1S/C8H20N2O2S/c1-3-4-8(2)7-13(11,12)10-6-5-9/h8,10H,3-7,9H2,1-2H3. The molecule has 4 nitrogen and oxygen atoms in total. The Kier molecular flexibility index (Phi) is 6.28. The van der Waals surface area contributed by atoms with Gasteiger partial charge in [0.2, 0.25) is 10.0 Å². The van der Waals surface area contributed by atoms with Gasteiger partial charge in [-0.2, -0.15) is 0 Å². The number of rotatable bonds is 7. The molecule has 0 bridgehead atoms. The predicted molar refractivity (Wildman–Crippen MR) is 54.9 cm³/mol. The van der Waals surface area contributed by atoms with Crippen LogP contribution >= 0.6 is 0 Å². The molecule has 5 heteroatoms. The first kappa shape index (κ1) is 12.9. The van der Waals surface area contributed by atoms with Crippen molar-refractivity contribution in [2.24, 2.45) is 11.7 Å². The Bertz CT molecular complexity index is 214. The van der Waals surface area contributed by atoms with E-state index in [1.165, 1.54) is 0 Å². The van der Waals surface area contributed by atoms with Crippen molar-refractivity contribution in [1.29, 1.82) is 0 Å². The van der Waals surface area contributed by atoms with Crippen molar-refractivity contribution in [2.45, 2.75) is 26.7 Å². The number of nitrogens with two attached hydrogens (primary N) is 1. The predicted octanol–water partition coefficient (Wildman–Crippen LogP) is 0.301. The van der Waals surface area contributed by atoms with Gasteiger partial charge < -0.3 is 5.73 Å². The van der Waals surface area contributed by atoms with Crippen LogP contribution in [0, 0.1) is 5.92 Å². The lowest BCUT2D eigenvalue weighted by Gasteiger charge is -2.10. The molecular formula is C8H20N2O2S. The van der Waals surface area contributed by atoms with Gasteiger partial charge in [-0.15, -0.1) is 0 Å². The van der Waals surface area contributed by atoms with Gasteiger partial charge in [-0.3, -0.25) is 0 Å². The highest BCUT2D eigenvalue weighted by atomic mass is 32.2. The van der Waals surface area contributed by atoms with Crippen LogP contribution in [0.3, 0.4) is 0 Å². The van der Waals surface area contributed by atoms with Crippen LogP contribution in [0.5, 0.6) is 0 Å². The molecule has 1 unspecified atom stereocenters. The summed E-state index contributed by atoms with van der Waals surface area (Å²) in [6.07, 6.45) is 1.97. The molecule has 80 valence electrons. The van der Waals surface area contributed by atoms with E-state index < -0.39 is 10.0 Å². The van der Waals surface area contributed by atoms with Crippen LogP contribution in [-0.2, 0) is 10.0 Å². The Morgan fingerprint density at radius 2 is 2.08 bits per heavy atom. The van der Waals surface area contributed by atoms with Crippen LogP contribution in [0.2, 0.25) is 0 Å². The molecule has 0 aliphatic rings. The van der Waals surface area contributed by atoms with E-state index in [-0.39, 0.29) is 11.7 Å². The lowest BCUT2D eigenvalue weighted by molar-refractivity contribution is 0.537. The van der Waals surface area contributed by atoms with E-state index >= 15 is 0 Å². The first-order valence-corrected chi connectivity index (χ1v) is 6.34. The average molecular weight is 208 g/mol. The normalized spacial score (nSPS) is 14.4. The van der Waals surface area contributed by atoms with E-state index in [0.717, 1.165) is 12.8 Å². The summed E-state index contributed by atoms with van der Waals surface area (Å²) in [6.45, 7) is 4.68. The van der Waals surface area contributed by atoms with Crippen molar-refractivity contribution in [1.82, 2.24) is 4.72 Å². The summed E-state index contributed by atoms with van der Waals surface area (Å²) in [5.41, 5.74) is 5.20. The highest BCUT2D eigenvalue weighted by Gasteiger charge is 2.13. The third kappa shape index (κ3) is 6.98. The molecule has 0 aromatic carbocycles. The van der Waals surface area contributed by atoms with Gasteiger partial charge in [-0.05, 0) is 12.3 Å². The molecular weight excluding hydrogens is 188 g/mol. The Morgan fingerprint density at radius 1 is 1.46 bits per heavy atom. The molecule has 0 rings (SSSR count). The van der Waals surface area contributed by atoms with Crippen LogP contribution in [0.1, 0.15) is 26.7 Å². The van der Waals surface area contributed by atoms with Gasteiger partial charge in [0.15, 0.2) is 0 Å². The van der Waals surface area contributed by atoms with Crippen LogP contribution < -0.4 is 10.5 Å². The molecule has 1 atom stereocenters. The maximum atomic E-state index is 11.3. The third-order valence-electron chi connectivity index (χ3n) is 1.75. The molecule has 3 N–H and O–H groups in total. The molecule has 0 radical (unpaired) electrons. The van der Waals surface area contributed by atoms with Crippen molar-refractivity contribution in [2.75, 3.05) is 18.8 Å². The second-order valence-corrected chi connectivity index (χ2v) is 5.21. The summed E-state index contributed by atoms with van der Waals surface area (Å²) in [5.74, 6) is 0.432. The molecule has 13 heavy (non-hydrogen) atoms. The molecule has 0 fully saturated rings. The molecule has 0 aliphatic heterocycles. The van der Waals surface area contributed by atoms with Crippen molar-refractivity contribution < 1.29 is 8.42 Å². The minimum atomic E-state index is -3.10. The van der Waals surface area contributed by atoms with Crippen molar-refractivity contribution in [3.05, 3.63) is 0 Å². The first-order valence-electron chi connectivity index (χ1n) is 4.69. The molecule has 0 heterocycles. The molecule has 0 aliphatic carbocycles. The Hall–Kier alpha value is -0.130. The number of hydrogen-bond acceptors (Lipinski definition) is 3. The fourth-order valence-corrected chi connectivity index (χ4v) is 2.69. The fourth-order valence-electron chi connectivity index (χ4n) is 1.22. The topological polar surface area (TPSA) is 72.2 Å². The van der Waals surface area contributed by atoms with Crippen LogP contribution in [0.25, 0.3) is 0 Å². The van der Waals surface area contributed by atoms with Gasteiger partial charge >= 0.3 is 0 Å². The lowest BCUT2D eigenvalue weighted by atomic mass is 10.1. The monoisotopic (exact) mass is 208 g/mol. The quantitative estimate of drug-likeness (QED) is 0.632. The molecule has 0 amide bonds. The zero-order valence-corrected chi connectivity index (χ0v) is 9.23. The zero-order valence-electron chi connectivity index (χ0n) is 8.41. The summed E-state index contributed by atoms with van der Waals surface area (Å²) in [4.78, 5) is 0. The van der Waals surface area contributed by atoms with Crippen molar-refractivity contribution >= 4 is 10.0 Å². The first-order chi connectivity index (χ1) is 6.02. The van der Waals surface area contributed by atoms with E-state index in [2.05, 4.69) is 11.6 Å². The summed E-state index contributed by atoms with van der Waals surface area (Å²) >= 11 is 0. The second kappa shape index (κ2) is 6.34. The number of nitrogens with one attached hydrogen (secondary N) is 1. The van der Waals surface area contributed by atoms with E-state index in [9.17, 15) is 8.42 Å². The summed E-state index contributed by atoms with van der Waals surface area (Å²) in [5, 5.41) is 0. The second-order valence-electron chi connectivity index (χ2n) is 3.36. The molecule has 0 aromatic rings. The van der Waals surface area contributed by atoms with Crippen LogP contribution in [-0.4, -0.2) is 27.3 Å². The van der Waals surface area contributed by atoms with Crippen molar-refractivity contribution in [3.8, 4) is 0 Å². The number of sulfonamides is 1. The van der Waals surface area contributed by atoms with E-state index in [4.69, 9.17) is 5.73 Å². The third-order valence-corrected chi connectivity index (χ3v) is 3.40. The maximum absolute atomic E-state index is 11.3.